The molecule has 0 saturated carbocycles. The van der Waals surface area contributed by atoms with Crippen molar-refractivity contribution in [2.24, 2.45) is 0 Å². The molecule has 28 heavy (non-hydrogen) atoms. The normalized spacial score (nSPS) is 12.4. The molecular weight excluding hydrogens is 408 g/mol. The Labute approximate surface area is 158 Å². The topological polar surface area (TPSA) is 42.1 Å². The van der Waals surface area contributed by atoms with Gasteiger partial charge in [-0.25, -0.2) is 0 Å². The maximum atomic E-state index is 12.9. The number of aromatic nitrogens is 1. The molecule has 1 N–H and O–H groups in total. The second-order valence-electron chi connectivity index (χ2n) is 5.92. The second-order valence-corrected chi connectivity index (χ2v) is 6.72. The highest BCUT2D eigenvalue weighted by Crippen LogP contribution is 2.38. The Kier molecular flexibility index (Phi) is 5.09. The maximum absolute atomic E-state index is 12.9. The molecule has 0 amide bonds. The van der Waals surface area contributed by atoms with Gasteiger partial charge in [0.25, 0.3) is 0 Å². The number of H-pyrrole nitrogens is 1. The monoisotopic (exact) mass is 419 g/mol. The van der Waals surface area contributed by atoms with E-state index < -0.39 is 23.5 Å². The molecule has 3 nitrogen and oxygen atoms in total. The molecule has 3 aromatic rings. The van der Waals surface area contributed by atoms with Crippen molar-refractivity contribution in [2.75, 3.05) is 0 Å². The third kappa shape index (κ3) is 4.27. The zero-order valence-corrected chi connectivity index (χ0v) is 14.9. The Balaban J connectivity index is 1.93. The minimum absolute atomic E-state index is 0.0441. The number of rotatable bonds is 3. The zero-order valence-electron chi connectivity index (χ0n) is 14.0. The number of benzene rings is 2. The summed E-state index contributed by atoms with van der Waals surface area (Å²) in [4.78, 5) is 14.7. The molecule has 148 valence electrons. The third-order valence-corrected chi connectivity index (χ3v) is 4.54. The van der Waals surface area contributed by atoms with Gasteiger partial charge in [0.05, 0.1) is 23.2 Å². The van der Waals surface area contributed by atoms with E-state index in [1.165, 1.54) is 24.4 Å². The van der Waals surface area contributed by atoms with Crippen LogP contribution in [-0.2, 0) is 12.4 Å². The van der Waals surface area contributed by atoms with Gasteiger partial charge in [0.15, 0.2) is 5.43 Å². The molecular formula is C18H11F6NO2S. The predicted octanol–water partition coefficient (Wildman–Crippen LogP) is 5.96. The lowest BCUT2D eigenvalue weighted by Gasteiger charge is -2.14. The van der Waals surface area contributed by atoms with E-state index in [9.17, 15) is 31.1 Å². The van der Waals surface area contributed by atoms with Crippen molar-refractivity contribution in [1.29, 1.82) is 0 Å². The average Bonchev–Trinajstić information content (AvgIpc) is 2.61. The number of hydrogen-bond donors (Lipinski definition) is 1. The summed E-state index contributed by atoms with van der Waals surface area (Å²) >= 11 is 0.340. The lowest BCUT2D eigenvalue weighted by atomic mass is 10.1. The molecule has 0 fully saturated rings. The molecule has 0 saturated heterocycles. The Morgan fingerprint density at radius 3 is 2.11 bits per heavy atom. The van der Waals surface area contributed by atoms with Crippen LogP contribution in [0.1, 0.15) is 16.7 Å². The first kappa shape index (κ1) is 20.1. The van der Waals surface area contributed by atoms with Crippen LogP contribution in [0.5, 0.6) is 5.75 Å². The summed E-state index contributed by atoms with van der Waals surface area (Å²) in [5.74, 6) is 0.111. The zero-order chi connectivity index (χ0) is 20.7. The van der Waals surface area contributed by atoms with E-state index in [4.69, 9.17) is 4.18 Å². The fraction of sp³-hybridized carbons (Fsp3) is 0.167. The van der Waals surface area contributed by atoms with Gasteiger partial charge in [-0.15, -0.1) is 0 Å². The molecule has 1 heterocycles. The molecule has 0 spiro atoms. The fourth-order valence-electron chi connectivity index (χ4n) is 2.42. The Hall–Kier alpha value is -2.62. The van der Waals surface area contributed by atoms with Crippen LogP contribution in [-0.4, -0.2) is 4.98 Å². The number of aryl methyl sites for hydroxylation is 1. The summed E-state index contributed by atoms with van der Waals surface area (Å²) in [6, 6.07) is 5.52. The van der Waals surface area contributed by atoms with Gasteiger partial charge >= 0.3 is 12.4 Å². The molecule has 2 aromatic carbocycles. The lowest BCUT2D eigenvalue weighted by Crippen LogP contribution is -2.11. The summed E-state index contributed by atoms with van der Waals surface area (Å²) < 4.78 is 82.7. The van der Waals surface area contributed by atoms with Crippen LogP contribution in [0.15, 0.2) is 52.3 Å². The highest BCUT2D eigenvalue weighted by molar-refractivity contribution is 7.95. The Morgan fingerprint density at radius 2 is 1.54 bits per heavy atom. The summed E-state index contributed by atoms with van der Waals surface area (Å²) in [6.45, 7) is 1.60. The minimum atomic E-state index is -4.94. The van der Waals surface area contributed by atoms with Gasteiger partial charge in [-0.2, -0.15) is 26.3 Å². The van der Waals surface area contributed by atoms with Crippen LogP contribution in [0, 0.1) is 6.92 Å². The number of nitrogens with one attached hydrogen (secondary N) is 1. The third-order valence-electron chi connectivity index (χ3n) is 3.83. The van der Waals surface area contributed by atoms with Gasteiger partial charge in [0.2, 0.25) is 0 Å². The van der Waals surface area contributed by atoms with Crippen molar-refractivity contribution in [1.82, 2.24) is 4.98 Å². The summed E-state index contributed by atoms with van der Waals surface area (Å²) in [5.41, 5.74) is -2.16. The highest BCUT2D eigenvalue weighted by Gasteiger charge is 2.37. The second kappa shape index (κ2) is 7.08. The Bertz CT molecular complexity index is 1060. The van der Waals surface area contributed by atoms with E-state index >= 15 is 0 Å². The van der Waals surface area contributed by atoms with Crippen LogP contribution in [0.4, 0.5) is 26.3 Å². The van der Waals surface area contributed by atoms with E-state index in [-0.39, 0.29) is 27.5 Å². The molecule has 0 radical (unpaired) electrons. The van der Waals surface area contributed by atoms with Crippen molar-refractivity contribution in [3.05, 3.63) is 69.5 Å². The average molecular weight is 419 g/mol. The van der Waals surface area contributed by atoms with Crippen molar-refractivity contribution < 1.29 is 30.5 Å². The van der Waals surface area contributed by atoms with Crippen LogP contribution in [0.3, 0.4) is 0 Å². The molecule has 0 aliphatic rings. The van der Waals surface area contributed by atoms with Crippen LogP contribution in [0.2, 0.25) is 0 Å². The first-order valence-electron chi connectivity index (χ1n) is 7.71. The molecule has 0 aliphatic carbocycles. The van der Waals surface area contributed by atoms with Gasteiger partial charge in [-0.05, 0) is 43.3 Å². The van der Waals surface area contributed by atoms with Crippen molar-refractivity contribution in [3.63, 3.8) is 0 Å². The Morgan fingerprint density at radius 1 is 0.929 bits per heavy atom. The van der Waals surface area contributed by atoms with Crippen molar-refractivity contribution in [2.45, 2.75) is 24.2 Å². The number of pyridine rings is 1. The minimum Gasteiger partial charge on any atom is -0.421 e. The van der Waals surface area contributed by atoms with E-state index in [0.717, 1.165) is 0 Å². The highest BCUT2D eigenvalue weighted by atomic mass is 32.2. The number of hydrogen-bond acceptors (Lipinski definition) is 3. The fourth-order valence-corrected chi connectivity index (χ4v) is 3.07. The molecule has 0 bridgehead atoms. The largest absolute Gasteiger partial charge is 0.421 e. The predicted molar refractivity (Wildman–Crippen MR) is 92.2 cm³/mol. The summed E-state index contributed by atoms with van der Waals surface area (Å²) in [7, 11) is 0. The number of fused-ring (bicyclic) bond motifs is 1. The molecule has 10 heteroatoms. The lowest BCUT2D eigenvalue weighted by molar-refractivity contribution is -0.143. The van der Waals surface area contributed by atoms with E-state index in [1.54, 1.807) is 6.92 Å². The number of aromatic amines is 1. The van der Waals surface area contributed by atoms with E-state index in [1.807, 2.05) is 0 Å². The summed E-state index contributed by atoms with van der Waals surface area (Å²) in [6.07, 6.45) is -8.35. The van der Waals surface area contributed by atoms with Crippen molar-refractivity contribution in [3.8, 4) is 5.75 Å². The quantitative estimate of drug-likeness (QED) is 0.421. The first-order valence-corrected chi connectivity index (χ1v) is 8.45. The van der Waals surface area contributed by atoms with Crippen LogP contribution < -0.4 is 9.61 Å². The van der Waals surface area contributed by atoms with Gasteiger partial charge in [-0.1, -0.05) is 0 Å². The molecule has 1 aromatic heterocycles. The van der Waals surface area contributed by atoms with Crippen molar-refractivity contribution >= 4 is 22.9 Å². The van der Waals surface area contributed by atoms with E-state index in [0.29, 0.717) is 35.3 Å². The van der Waals surface area contributed by atoms with Gasteiger partial charge in [0.1, 0.15) is 5.75 Å². The smallest absolute Gasteiger partial charge is 0.416 e. The van der Waals surface area contributed by atoms with Crippen LogP contribution in [0.25, 0.3) is 10.9 Å². The number of halogens is 6. The summed E-state index contributed by atoms with van der Waals surface area (Å²) in [5, 5.41) is 0.290. The molecule has 3 rings (SSSR count). The standard InChI is InChI=1S/C18H11F6NO2S/c1-9-8-25-15-3-2-12(7-14(15)16(9)26)27-28-13-5-10(17(19,20)21)4-11(6-13)18(22,23)24/h2-8H,1H3,(H,25,26). The first-order chi connectivity index (χ1) is 12.9. The van der Waals surface area contributed by atoms with Crippen LogP contribution >= 0.6 is 12.0 Å². The molecule has 0 aliphatic heterocycles. The number of alkyl halides is 6. The van der Waals surface area contributed by atoms with Gasteiger partial charge in [0, 0.05) is 27.6 Å². The molecule has 0 unspecified atom stereocenters. The van der Waals surface area contributed by atoms with E-state index in [2.05, 4.69) is 4.98 Å². The van der Waals surface area contributed by atoms with Gasteiger partial charge in [-0.3, -0.25) is 4.79 Å². The van der Waals surface area contributed by atoms with Gasteiger partial charge < -0.3 is 9.17 Å². The SMILES string of the molecule is Cc1c[nH]c2ccc(OSc3cc(C(F)(F)F)cc(C(F)(F)F)c3)cc2c1=O. The molecule has 0 atom stereocenters. The maximum Gasteiger partial charge on any atom is 0.416 e.